The Labute approximate surface area is 119 Å². The molecule has 0 aliphatic carbocycles. The number of anilines is 1. The van der Waals surface area contributed by atoms with Gasteiger partial charge in [0.25, 0.3) is 0 Å². The molecular weight excluding hydrogens is 253 g/mol. The van der Waals surface area contributed by atoms with Crippen LogP contribution >= 0.6 is 0 Å². The van der Waals surface area contributed by atoms with Crippen LogP contribution in [0.15, 0.2) is 59.6 Å². The van der Waals surface area contributed by atoms with Crippen LogP contribution in [0.2, 0.25) is 0 Å². The number of aliphatic imine (C=N–C) groups is 1. The SMILES string of the molecule is C=C/C=C/C(F)=C(N)\N=C(/C)Nc1ccc(C)c(C)c1. The average Bonchev–Trinajstić information content (AvgIpc) is 2.40. The van der Waals surface area contributed by atoms with Crippen LogP contribution in [0.4, 0.5) is 10.1 Å². The monoisotopic (exact) mass is 273 g/mol. The topological polar surface area (TPSA) is 50.4 Å². The van der Waals surface area contributed by atoms with Gasteiger partial charge < -0.3 is 11.1 Å². The number of halogens is 1. The summed E-state index contributed by atoms with van der Waals surface area (Å²) in [7, 11) is 0. The molecule has 3 N–H and O–H groups in total. The van der Waals surface area contributed by atoms with E-state index in [0.717, 1.165) is 5.69 Å². The van der Waals surface area contributed by atoms with Gasteiger partial charge in [-0.1, -0.05) is 24.8 Å². The molecule has 0 saturated carbocycles. The number of hydrogen-bond acceptors (Lipinski definition) is 2. The Balaban J connectivity index is 2.86. The maximum absolute atomic E-state index is 13.5. The Hall–Kier alpha value is -2.36. The molecule has 1 aromatic carbocycles. The van der Waals surface area contributed by atoms with Crippen molar-refractivity contribution in [1.29, 1.82) is 0 Å². The van der Waals surface area contributed by atoms with E-state index in [4.69, 9.17) is 5.73 Å². The van der Waals surface area contributed by atoms with E-state index in [0.29, 0.717) is 5.84 Å². The standard InChI is InChI=1S/C16H20FN3/c1-5-6-7-15(17)16(18)20-13(4)19-14-9-8-11(2)12(3)10-14/h5-10H,1,18H2,2-4H3,(H,19,20)/b7-6+,16-15+. The van der Waals surface area contributed by atoms with E-state index < -0.39 is 5.83 Å². The van der Waals surface area contributed by atoms with Crippen LogP contribution in [-0.2, 0) is 0 Å². The fourth-order valence-corrected chi connectivity index (χ4v) is 1.53. The largest absolute Gasteiger partial charge is 0.381 e. The van der Waals surface area contributed by atoms with E-state index in [1.54, 1.807) is 6.92 Å². The van der Waals surface area contributed by atoms with Gasteiger partial charge in [0.1, 0.15) is 5.84 Å². The minimum absolute atomic E-state index is 0.170. The molecule has 0 saturated heterocycles. The molecule has 0 amide bonds. The third kappa shape index (κ3) is 4.72. The fraction of sp³-hybridized carbons (Fsp3) is 0.188. The van der Waals surface area contributed by atoms with Crippen LogP contribution in [0.5, 0.6) is 0 Å². The molecule has 0 aliphatic heterocycles. The number of nitrogens with zero attached hydrogens (tertiary/aromatic N) is 1. The van der Waals surface area contributed by atoms with E-state index in [9.17, 15) is 4.39 Å². The molecule has 0 radical (unpaired) electrons. The molecule has 0 aliphatic rings. The van der Waals surface area contributed by atoms with Crippen molar-refractivity contribution in [2.75, 3.05) is 5.32 Å². The summed E-state index contributed by atoms with van der Waals surface area (Å²) < 4.78 is 13.5. The molecule has 1 aromatic rings. The number of benzene rings is 1. The summed E-state index contributed by atoms with van der Waals surface area (Å²) in [6.07, 6.45) is 4.15. The highest BCUT2D eigenvalue weighted by Crippen LogP contribution is 2.14. The number of aryl methyl sites for hydroxylation is 2. The second-order valence-corrected chi connectivity index (χ2v) is 4.45. The predicted octanol–water partition coefficient (Wildman–Crippen LogP) is 3.97. The van der Waals surface area contributed by atoms with Crippen molar-refractivity contribution in [3.05, 3.63) is 65.8 Å². The summed E-state index contributed by atoms with van der Waals surface area (Å²) >= 11 is 0. The molecule has 0 unspecified atom stereocenters. The summed E-state index contributed by atoms with van der Waals surface area (Å²) in [5.41, 5.74) is 8.84. The van der Waals surface area contributed by atoms with Crippen LogP contribution in [0.1, 0.15) is 18.1 Å². The van der Waals surface area contributed by atoms with Crippen LogP contribution in [0.25, 0.3) is 0 Å². The van der Waals surface area contributed by atoms with Gasteiger partial charge in [-0.25, -0.2) is 9.38 Å². The van der Waals surface area contributed by atoms with Crippen molar-refractivity contribution in [2.45, 2.75) is 20.8 Å². The first-order valence-electron chi connectivity index (χ1n) is 6.28. The van der Waals surface area contributed by atoms with Crippen molar-refractivity contribution in [3.8, 4) is 0 Å². The first-order valence-corrected chi connectivity index (χ1v) is 6.28. The molecule has 0 atom stereocenters. The van der Waals surface area contributed by atoms with Crippen LogP contribution in [-0.4, -0.2) is 5.84 Å². The van der Waals surface area contributed by atoms with Crippen molar-refractivity contribution < 1.29 is 4.39 Å². The first-order chi connectivity index (χ1) is 9.43. The van der Waals surface area contributed by atoms with Crippen LogP contribution < -0.4 is 11.1 Å². The molecule has 106 valence electrons. The van der Waals surface area contributed by atoms with Crippen molar-refractivity contribution in [1.82, 2.24) is 0 Å². The number of rotatable bonds is 4. The molecule has 3 nitrogen and oxygen atoms in total. The molecule has 20 heavy (non-hydrogen) atoms. The normalized spacial score (nSPS) is 13.3. The molecule has 0 spiro atoms. The van der Waals surface area contributed by atoms with Crippen LogP contribution in [0.3, 0.4) is 0 Å². The Kier molecular flexibility index (Phi) is 5.72. The van der Waals surface area contributed by atoms with Crippen molar-refractivity contribution in [3.63, 3.8) is 0 Å². The minimum Gasteiger partial charge on any atom is -0.381 e. The van der Waals surface area contributed by atoms with E-state index in [1.807, 2.05) is 32.0 Å². The van der Waals surface area contributed by atoms with Crippen LogP contribution in [0, 0.1) is 13.8 Å². The number of nitrogens with one attached hydrogen (secondary N) is 1. The van der Waals surface area contributed by atoms with Gasteiger partial charge in [-0.15, -0.1) is 0 Å². The van der Waals surface area contributed by atoms with E-state index in [1.165, 1.54) is 29.4 Å². The van der Waals surface area contributed by atoms with Gasteiger partial charge in [0.15, 0.2) is 11.6 Å². The van der Waals surface area contributed by atoms with Gasteiger partial charge in [0.2, 0.25) is 0 Å². The third-order valence-corrected chi connectivity index (χ3v) is 2.74. The highest BCUT2D eigenvalue weighted by molar-refractivity contribution is 5.94. The lowest BCUT2D eigenvalue weighted by atomic mass is 10.1. The fourth-order valence-electron chi connectivity index (χ4n) is 1.53. The summed E-state index contributed by atoms with van der Waals surface area (Å²) in [6, 6.07) is 5.95. The molecule has 0 heterocycles. The Morgan fingerprint density at radius 1 is 1.35 bits per heavy atom. The number of amidine groups is 1. The number of hydrogen-bond donors (Lipinski definition) is 2. The molecule has 0 aromatic heterocycles. The second kappa shape index (κ2) is 7.28. The maximum atomic E-state index is 13.5. The lowest BCUT2D eigenvalue weighted by Gasteiger charge is -2.08. The Bertz CT molecular complexity index is 583. The highest BCUT2D eigenvalue weighted by atomic mass is 19.1. The van der Waals surface area contributed by atoms with Gasteiger partial charge in [-0.05, 0) is 50.1 Å². The molecule has 4 heteroatoms. The van der Waals surface area contributed by atoms with Crippen molar-refractivity contribution >= 4 is 11.5 Å². The second-order valence-electron chi connectivity index (χ2n) is 4.45. The summed E-state index contributed by atoms with van der Waals surface area (Å²) in [6.45, 7) is 9.26. The number of allylic oxidation sites excluding steroid dienone is 4. The van der Waals surface area contributed by atoms with E-state index in [-0.39, 0.29) is 5.82 Å². The molecule has 1 rings (SSSR count). The third-order valence-electron chi connectivity index (χ3n) is 2.74. The quantitative estimate of drug-likeness (QED) is 0.495. The lowest BCUT2D eigenvalue weighted by molar-refractivity contribution is 0.650. The van der Waals surface area contributed by atoms with Gasteiger partial charge in [-0.2, -0.15) is 0 Å². The van der Waals surface area contributed by atoms with E-state index in [2.05, 4.69) is 16.9 Å². The first kappa shape index (κ1) is 15.7. The average molecular weight is 273 g/mol. The molecule has 0 fully saturated rings. The Morgan fingerprint density at radius 2 is 2.05 bits per heavy atom. The van der Waals surface area contributed by atoms with E-state index >= 15 is 0 Å². The zero-order chi connectivity index (χ0) is 15.1. The zero-order valence-corrected chi connectivity index (χ0v) is 12.1. The molecular formula is C16H20FN3. The summed E-state index contributed by atoms with van der Waals surface area (Å²) in [4.78, 5) is 3.98. The summed E-state index contributed by atoms with van der Waals surface area (Å²) in [5, 5.41) is 3.08. The lowest BCUT2D eigenvalue weighted by Crippen LogP contribution is -2.10. The zero-order valence-electron chi connectivity index (χ0n) is 12.1. The number of nitrogens with two attached hydrogens (primary N) is 1. The van der Waals surface area contributed by atoms with Gasteiger partial charge >= 0.3 is 0 Å². The Morgan fingerprint density at radius 3 is 2.65 bits per heavy atom. The highest BCUT2D eigenvalue weighted by Gasteiger charge is 2.00. The van der Waals surface area contributed by atoms with Gasteiger partial charge in [0, 0.05) is 5.69 Å². The van der Waals surface area contributed by atoms with Crippen molar-refractivity contribution in [2.24, 2.45) is 10.7 Å². The van der Waals surface area contributed by atoms with Gasteiger partial charge in [0.05, 0.1) is 0 Å². The smallest absolute Gasteiger partial charge is 0.165 e. The minimum atomic E-state index is -0.592. The van der Waals surface area contributed by atoms with Gasteiger partial charge in [-0.3, -0.25) is 0 Å². The maximum Gasteiger partial charge on any atom is 0.165 e. The predicted molar refractivity (Wildman–Crippen MR) is 84.3 cm³/mol. The summed E-state index contributed by atoms with van der Waals surface area (Å²) in [5.74, 6) is -0.240. The molecule has 0 bridgehead atoms.